The van der Waals surface area contributed by atoms with Gasteiger partial charge in [-0.2, -0.15) is 0 Å². The first-order valence-corrected chi connectivity index (χ1v) is 8.55. The maximum atomic E-state index is 12.0. The number of amides is 2. The van der Waals surface area contributed by atoms with Crippen molar-refractivity contribution in [2.75, 3.05) is 0 Å². The van der Waals surface area contributed by atoms with Gasteiger partial charge in [-0.3, -0.25) is 20.4 Å². The molecule has 0 aliphatic rings. The highest BCUT2D eigenvalue weighted by atomic mass is 35.5. The van der Waals surface area contributed by atoms with E-state index in [4.69, 9.17) is 11.6 Å². The molecule has 1 aromatic heterocycles. The van der Waals surface area contributed by atoms with Crippen molar-refractivity contribution in [3.05, 3.63) is 64.8 Å². The standard InChI is InChI=1S/C19H18ClN3O3/c20-13-8-9-17(24)15(10-13)19(26)23-22-18(25)7-3-4-12-11-21-16-6-2-1-5-14(12)16/h1-2,5-6,8-11,21,24H,3-4,7H2,(H,22,25)(H,23,26). The Morgan fingerprint density at radius 1 is 1.12 bits per heavy atom. The van der Waals surface area contributed by atoms with Gasteiger partial charge in [0.1, 0.15) is 5.75 Å². The van der Waals surface area contributed by atoms with Gasteiger partial charge in [0.25, 0.3) is 5.91 Å². The van der Waals surface area contributed by atoms with Crippen molar-refractivity contribution < 1.29 is 14.7 Å². The van der Waals surface area contributed by atoms with Gasteiger partial charge < -0.3 is 10.1 Å². The Kier molecular flexibility index (Phi) is 5.43. The molecule has 3 rings (SSSR count). The molecular formula is C19H18ClN3O3. The van der Waals surface area contributed by atoms with Crippen LogP contribution in [0.3, 0.4) is 0 Å². The van der Waals surface area contributed by atoms with E-state index in [-0.39, 0.29) is 23.6 Å². The predicted molar refractivity (Wildman–Crippen MR) is 100.0 cm³/mol. The van der Waals surface area contributed by atoms with E-state index < -0.39 is 5.91 Å². The van der Waals surface area contributed by atoms with Crippen molar-refractivity contribution in [1.82, 2.24) is 15.8 Å². The molecule has 3 aromatic rings. The molecule has 1 heterocycles. The number of hydrogen-bond donors (Lipinski definition) is 4. The van der Waals surface area contributed by atoms with Crippen molar-refractivity contribution in [2.45, 2.75) is 19.3 Å². The molecule has 0 saturated heterocycles. The van der Waals surface area contributed by atoms with Crippen LogP contribution in [0.5, 0.6) is 5.75 Å². The lowest BCUT2D eigenvalue weighted by Crippen LogP contribution is -2.41. The zero-order chi connectivity index (χ0) is 18.5. The van der Waals surface area contributed by atoms with Gasteiger partial charge in [0.15, 0.2) is 0 Å². The molecule has 2 aromatic carbocycles. The molecule has 0 atom stereocenters. The zero-order valence-corrected chi connectivity index (χ0v) is 14.6. The van der Waals surface area contributed by atoms with E-state index in [2.05, 4.69) is 15.8 Å². The quantitative estimate of drug-likeness (QED) is 0.518. The summed E-state index contributed by atoms with van der Waals surface area (Å²) in [6.45, 7) is 0. The molecule has 0 aliphatic heterocycles. The third-order valence-corrected chi connectivity index (χ3v) is 4.28. The smallest absolute Gasteiger partial charge is 0.273 e. The van der Waals surface area contributed by atoms with E-state index in [9.17, 15) is 14.7 Å². The van der Waals surface area contributed by atoms with Crippen molar-refractivity contribution in [3.8, 4) is 5.75 Å². The van der Waals surface area contributed by atoms with Gasteiger partial charge in [-0.1, -0.05) is 29.8 Å². The third kappa shape index (κ3) is 4.15. The van der Waals surface area contributed by atoms with Crippen LogP contribution in [0.25, 0.3) is 10.9 Å². The van der Waals surface area contributed by atoms with Gasteiger partial charge >= 0.3 is 0 Å². The number of aromatic nitrogens is 1. The van der Waals surface area contributed by atoms with Gasteiger partial charge in [-0.25, -0.2) is 0 Å². The largest absolute Gasteiger partial charge is 0.507 e. The molecule has 0 radical (unpaired) electrons. The zero-order valence-electron chi connectivity index (χ0n) is 13.9. The summed E-state index contributed by atoms with van der Waals surface area (Å²) < 4.78 is 0. The third-order valence-electron chi connectivity index (χ3n) is 4.04. The second kappa shape index (κ2) is 7.93. The summed E-state index contributed by atoms with van der Waals surface area (Å²) in [5, 5.41) is 11.1. The van der Waals surface area contributed by atoms with E-state index in [0.29, 0.717) is 11.4 Å². The highest BCUT2D eigenvalue weighted by Gasteiger charge is 2.12. The lowest BCUT2D eigenvalue weighted by atomic mass is 10.1. The number of phenolic OH excluding ortho intramolecular Hbond substituents is 1. The number of carbonyl (C=O) groups excluding carboxylic acids is 2. The average Bonchev–Trinajstić information content (AvgIpc) is 3.05. The maximum Gasteiger partial charge on any atom is 0.273 e. The average molecular weight is 372 g/mol. The maximum absolute atomic E-state index is 12.0. The van der Waals surface area contributed by atoms with E-state index in [1.165, 1.54) is 18.2 Å². The summed E-state index contributed by atoms with van der Waals surface area (Å²) in [4.78, 5) is 27.1. The minimum absolute atomic E-state index is 0.00316. The molecule has 0 unspecified atom stereocenters. The lowest BCUT2D eigenvalue weighted by Gasteiger charge is -2.08. The summed E-state index contributed by atoms with van der Waals surface area (Å²) in [6, 6.07) is 12.1. The van der Waals surface area contributed by atoms with Crippen molar-refractivity contribution in [1.29, 1.82) is 0 Å². The Bertz CT molecular complexity index is 952. The number of carbonyl (C=O) groups is 2. The van der Waals surface area contributed by atoms with E-state index >= 15 is 0 Å². The van der Waals surface area contributed by atoms with E-state index in [0.717, 1.165) is 22.9 Å². The van der Waals surface area contributed by atoms with Gasteiger partial charge in [0.05, 0.1) is 5.56 Å². The van der Waals surface area contributed by atoms with Crippen molar-refractivity contribution in [2.24, 2.45) is 0 Å². The number of aryl methyl sites for hydroxylation is 1. The predicted octanol–water partition coefficient (Wildman–Crippen LogP) is 3.31. The highest BCUT2D eigenvalue weighted by Crippen LogP contribution is 2.21. The summed E-state index contributed by atoms with van der Waals surface area (Å²) in [7, 11) is 0. The number of H-pyrrole nitrogens is 1. The Hall–Kier alpha value is -2.99. The van der Waals surface area contributed by atoms with Gasteiger partial charge in [-0.05, 0) is 42.7 Å². The summed E-state index contributed by atoms with van der Waals surface area (Å²) in [6.07, 6.45) is 3.61. The number of rotatable bonds is 5. The van der Waals surface area contributed by atoms with Crippen LogP contribution < -0.4 is 10.9 Å². The Balaban J connectivity index is 1.47. The minimum atomic E-state index is -0.630. The number of aromatic amines is 1. The summed E-state index contributed by atoms with van der Waals surface area (Å²) in [5.41, 5.74) is 6.84. The molecule has 26 heavy (non-hydrogen) atoms. The molecule has 0 saturated carbocycles. The Morgan fingerprint density at radius 2 is 1.92 bits per heavy atom. The highest BCUT2D eigenvalue weighted by molar-refractivity contribution is 6.31. The van der Waals surface area contributed by atoms with Gasteiger partial charge in [-0.15, -0.1) is 0 Å². The number of halogens is 1. The molecule has 2 amide bonds. The molecule has 0 aliphatic carbocycles. The first-order chi connectivity index (χ1) is 12.5. The van der Waals surface area contributed by atoms with E-state index in [1.807, 2.05) is 30.5 Å². The first kappa shape index (κ1) is 17.8. The van der Waals surface area contributed by atoms with Gasteiger partial charge in [0.2, 0.25) is 5.91 Å². The number of para-hydroxylation sites is 1. The molecule has 0 fully saturated rings. The molecular weight excluding hydrogens is 354 g/mol. The summed E-state index contributed by atoms with van der Waals surface area (Å²) in [5.74, 6) is -1.14. The number of hydrazine groups is 1. The summed E-state index contributed by atoms with van der Waals surface area (Å²) >= 11 is 5.80. The fourth-order valence-electron chi connectivity index (χ4n) is 2.72. The molecule has 134 valence electrons. The van der Waals surface area contributed by atoms with E-state index in [1.54, 1.807) is 0 Å². The molecule has 0 bridgehead atoms. The molecule has 0 spiro atoms. The number of nitrogens with one attached hydrogen (secondary N) is 3. The lowest BCUT2D eigenvalue weighted by molar-refractivity contribution is -0.121. The van der Waals surface area contributed by atoms with Crippen molar-refractivity contribution in [3.63, 3.8) is 0 Å². The first-order valence-electron chi connectivity index (χ1n) is 8.17. The van der Waals surface area contributed by atoms with Crippen LogP contribution >= 0.6 is 11.6 Å². The van der Waals surface area contributed by atoms with Crippen LogP contribution in [0.1, 0.15) is 28.8 Å². The molecule has 7 heteroatoms. The number of hydrogen-bond acceptors (Lipinski definition) is 3. The van der Waals surface area contributed by atoms with Crippen LogP contribution in [-0.2, 0) is 11.2 Å². The van der Waals surface area contributed by atoms with Crippen LogP contribution in [0.2, 0.25) is 5.02 Å². The second-order valence-corrected chi connectivity index (χ2v) is 6.31. The van der Waals surface area contributed by atoms with Crippen LogP contribution in [0.4, 0.5) is 0 Å². The minimum Gasteiger partial charge on any atom is -0.507 e. The monoisotopic (exact) mass is 371 g/mol. The van der Waals surface area contributed by atoms with Crippen molar-refractivity contribution >= 4 is 34.3 Å². The fraction of sp³-hybridized carbons (Fsp3) is 0.158. The topological polar surface area (TPSA) is 94.2 Å². The SMILES string of the molecule is O=C(CCCc1c[nH]c2ccccc12)NNC(=O)c1cc(Cl)ccc1O. The Labute approximate surface area is 155 Å². The van der Waals surface area contributed by atoms with Crippen LogP contribution in [-0.4, -0.2) is 21.9 Å². The van der Waals surface area contributed by atoms with Crippen LogP contribution in [0.15, 0.2) is 48.7 Å². The van der Waals surface area contributed by atoms with Crippen LogP contribution in [0, 0.1) is 0 Å². The Morgan fingerprint density at radius 3 is 2.77 bits per heavy atom. The normalized spacial score (nSPS) is 10.7. The number of aromatic hydroxyl groups is 1. The number of benzene rings is 2. The molecule has 6 nitrogen and oxygen atoms in total. The molecule has 4 N–H and O–H groups in total. The van der Waals surface area contributed by atoms with Gasteiger partial charge in [0, 0.05) is 28.5 Å². The fourth-order valence-corrected chi connectivity index (χ4v) is 2.90. The second-order valence-electron chi connectivity index (χ2n) is 5.88. The number of fused-ring (bicyclic) bond motifs is 1. The number of phenols is 1.